The third-order valence-corrected chi connectivity index (χ3v) is 4.77. The summed E-state index contributed by atoms with van der Waals surface area (Å²) in [6.07, 6.45) is 1.56. The van der Waals surface area contributed by atoms with Crippen molar-refractivity contribution in [3.05, 3.63) is 40.7 Å². The number of nitrogens with zero attached hydrogens (tertiary/aromatic N) is 4. The topological polar surface area (TPSA) is 105 Å². The number of imidazole rings is 1. The summed E-state index contributed by atoms with van der Waals surface area (Å²) in [5.41, 5.74) is 16.0. The number of nitrogen functional groups attached to an aromatic ring is 1. The van der Waals surface area contributed by atoms with Crippen molar-refractivity contribution in [2.24, 2.45) is 5.73 Å². The predicted molar refractivity (Wildman–Crippen MR) is 96.6 cm³/mol. The van der Waals surface area contributed by atoms with Gasteiger partial charge in [-0.05, 0) is 29.2 Å². The van der Waals surface area contributed by atoms with Crippen LogP contribution >= 0.6 is 0 Å². The van der Waals surface area contributed by atoms with E-state index in [4.69, 9.17) is 16.2 Å². The summed E-state index contributed by atoms with van der Waals surface area (Å²) in [7, 11) is 0. The van der Waals surface area contributed by atoms with E-state index in [1.807, 2.05) is 4.57 Å². The number of ether oxygens (including phenoxy) is 1. The normalized spacial score (nSPS) is 13.2. The Hall–Kier alpha value is -2.74. The van der Waals surface area contributed by atoms with Gasteiger partial charge in [0.25, 0.3) is 0 Å². The van der Waals surface area contributed by atoms with E-state index in [1.54, 1.807) is 0 Å². The zero-order chi connectivity index (χ0) is 18.3. The molecule has 136 valence electrons. The maximum absolute atomic E-state index is 13.6. The van der Waals surface area contributed by atoms with Crippen LogP contribution in [0.3, 0.4) is 0 Å². The summed E-state index contributed by atoms with van der Waals surface area (Å²) in [4.78, 5) is 12.0. The second-order valence-corrected chi connectivity index (χ2v) is 6.38. The number of aromatic nitrogens is 4. The molecule has 0 amide bonds. The summed E-state index contributed by atoms with van der Waals surface area (Å²) in [6.45, 7) is 3.71. The van der Waals surface area contributed by atoms with E-state index >= 15 is 0 Å². The Balaban J connectivity index is 1.82. The Morgan fingerprint density at radius 2 is 2.08 bits per heavy atom. The zero-order valence-corrected chi connectivity index (χ0v) is 14.6. The number of hydrogen-bond donors (Lipinski definition) is 2. The molecule has 26 heavy (non-hydrogen) atoms. The molecule has 4 N–H and O–H groups in total. The van der Waals surface area contributed by atoms with Gasteiger partial charge in [0, 0.05) is 25.9 Å². The number of halogens is 1. The third-order valence-electron chi connectivity index (χ3n) is 4.77. The number of benzene rings is 1. The highest BCUT2D eigenvalue weighted by Gasteiger charge is 2.20. The molecule has 8 heteroatoms. The van der Waals surface area contributed by atoms with E-state index < -0.39 is 6.08 Å². The molecule has 7 nitrogen and oxygen atoms in total. The summed E-state index contributed by atoms with van der Waals surface area (Å²) in [5, 5.41) is 0. The first kappa shape index (κ1) is 16.7. The van der Waals surface area contributed by atoms with E-state index in [-0.39, 0.29) is 5.82 Å². The van der Waals surface area contributed by atoms with Crippen LogP contribution in [0.1, 0.15) is 29.4 Å². The number of nitrogens with two attached hydrogens (primary N) is 2. The molecule has 1 aliphatic rings. The van der Waals surface area contributed by atoms with Gasteiger partial charge >= 0.3 is 6.08 Å². The fourth-order valence-electron chi connectivity index (χ4n) is 3.52. The minimum absolute atomic E-state index is 0.0394. The van der Waals surface area contributed by atoms with Crippen molar-refractivity contribution in [3.8, 4) is 5.75 Å². The van der Waals surface area contributed by atoms with Crippen molar-refractivity contribution in [2.45, 2.75) is 32.7 Å². The molecule has 0 saturated heterocycles. The quantitative estimate of drug-likeness (QED) is 0.673. The molecule has 0 bridgehead atoms. The second kappa shape index (κ2) is 6.53. The third kappa shape index (κ3) is 2.76. The van der Waals surface area contributed by atoms with Crippen molar-refractivity contribution in [1.29, 1.82) is 0 Å². The van der Waals surface area contributed by atoms with E-state index in [1.165, 1.54) is 11.1 Å². The minimum atomic E-state index is -0.861. The van der Waals surface area contributed by atoms with Crippen LogP contribution in [-0.4, -0.2) is 32.7 Å². The van der Waals surface area contributed by atoms with Crippen molar-refractivity contribution in [2.75, 3.05) is 18.9 Å². The first-order chi connectivity index (χ1) is 12.6. The van der Waals surface area contributed by atoms with Crippen LogP contribution in [0.15, 0.2) is 12.1 Å². The molecule has 0 atom stereocenters. The number of anilines is 1. The smallest absolute Gasteiger partial charge is 0.312 e. The van der Waals surface area contributed by atoms with Gasteiger partial charge in [-0.15, -0.1) is 0 Å². The largest absolute Gasteiger partial charge is 0.493 e. The van der Waals surface area contributed by atoms with Gasteiger partial charge in [-0.25, -0.2) is 4.98 Å². The predicted octanol–water partition coefficient (Wildman–Crippen LogP) is 1.59. The van der Waals surface area contributed by atoms with E-state index in [0.29, 0.717) is 30.7 Å². The Morgan fingerprint density at radius 1 is 1.23 bits per heavy atom. The van der Waals surface area contributed by atoms with Gasteiger partial charge in [0.15, 0.2) is 17.0 Å². The van der Waals surface area contributed by atoms with Gasteiger partial charge in [-0.3, -0.25) is 0 Å². The highest BCUT2D eigenvalue weighted by atomic mass is 19.1. The summed E-state index contributed by atoms with van der Waals surface area (Å²) in [5.74, 6) is 1.71. The number of rotatable bonds is 5. The van der Waals surface area contributed by atoms with Gasteiger partial charge < -0.3 is 20.8 Å². The lowest BCUT2D eigenvalue weighted by Crippen LogP contribution is -2.14. The first-order valence-electron chi connectivity index (χ1n) is 8.76. The fraction of sp³-hybridized carbons (Fsp3) is 0.389. The molecule has 3 heterocycles. The Bertz CT molecular complexity index is 984. The molecule has 0 saturated carbocycles. The summed E-state index contributed by atoms with van der Waals surface area (Å²) in [6, 6.07) is 4.30. The Labute approximate surface area is 150 Å². The van der Waals surface area contributed by atoms with Crippen molar-refractivity contribution >= 4 is 17.0 Å². The Kier molecular flexibility index (Phi) is 4.20. The van der Waals surface area contributed by atoms with Crippen molar-refractivity contribution in [1.82, 2.24) is 19.5 Å². The average molecular weight is 356 g/mol. The molecule has 1 aromatic carbocycles. The number of fused-ring (bicyclic) bond motifs is 2. The second-order valence-electron chi connectivity index (χ2n) is 6.38. The molecular weight excluding hydrogens is 335 g/mol. The molecule has 4 rings (SSSR count). The molecule has 0 radical (unpaired) electrons. The highest BCUT2D eigenvalue weighted by Crippen LogP contribution is 2.31. The van der Waals surface area contributed by atoms with Crippen LogP contribution in [0.2, 0.25) is 0 Å². The van der Waals surface area contributed by atoms with Crippen molar-refractivity contribution < 1.29 is 9.13 Å². The molecule has 0 unspecified atom stereocenters. The average Bonchev–Trinajstić information content (AvgIpc) is 3.20. The summed E-state index contributed by atoms with van der Waals surface area (Å²) < 4.78 is 21.2. The highest BCUT2D eigenvalue weighted by molar-refractivity contribution is 5.82. The van der Waals surface area contributed by atoms with Crippen LogP contribution < -0.4 is 16.2 Å². The fourth-order valence-corrected chi connectivity index (χ4v) is 3.52. The lowest BCUT2D eigenvalue weighted by molar-refractivity contribution is 0.356. The van der Waals surface area contributed by atoms with Crippen LogP contribution in [0.4, 0.5) is 10.2 Å². The molecule has 0 aliphatic carbocycles. The SMILES string of the molecule is CCc1cc2c(cc1Cc1nc3c(N)nc(F)nc3n1CCN)OCC2. The zero-order valence-electron chi connectivity index (χ0n) is 14.6. The van der Waals surface area contributed by atoms with E-state index in [2.05, 4.69) is 34.0 Å². The van der Waals surface area contributed by atoms with Gasteiger partial charge in [0.2, 0.25) is 0 Å². The van der Waals surface area contributed by atoms with Gasteiger partial charge in [0.1, 0.15) is 11.6 Å². The van der Waals surface area contributed by atoms with Gasteiger partial charge in [-0.2, -0.15) is 14.4 Å². The Morgan fingerprint density at radius 3 is 2.85 bits per heavy atom. The molecule has 0 fully saturated rings. The standard InChI is InChI=1S/C18H21FN6O/c1-2-10-7-11-3-6-26-13(11)8-12(10)9-14-22-15-16(21)23-18(19)24-17(15)25(14)5-4-20/h7-8H,2-6,9,20H2,1H3,(H2,21,23,24). The lowest BCUT2D eigenvalue weighted by Gasteiger charge is -2.12. The van der Waals surface area contributed by atoms with Gasteiger partial charge in [-0.1, -0.05) is 13.0 Å². The van der Waals surface area contributed by atoms with Crippen LogP contribution in [0, 0.1) is 6.08 Å². The van der Waals surface area contributed by atoms with Crippen LogP contribution in [0.5, 0.6) is 5.75 Å². The van der Waals surface area contributed by atoms with E-state index in [0.717, 1.165) is 36.6 Å². The first-order valence-corrected chi connectivity index (χ1v) is 8.76. The summed E-state index contributed by atoms with van der Waals surface area (Å²) >= 11 is 0. The molecule has 3 aromatic rings. The van der Waals surface area contributed by atoms with Crippen molar-refractivity contribution in [3.63, 3.8) is 0 Å². The lowest BCUT2D eigenvalue weighted by atomic mass is 9.98. The monoisotopic (exact) mass is 356 g/mol. The number of hydrogen-bond acceptors (Lipinski definition) is 6. The van der Waals surface area contributed by atoms with Crippen LogP contribution in [0.25, 0.3) is 11.2 Å². The van der Waals surface area contributed by atoms with Crippen LogP contribution in [-0.2, 0) is 25.8 Å². The van der Waals surface area contributed by atoms with E-state index in [9.17, 15) is 4.39 Å². The molecular formula is C18H21FN6O. The maximum atomic E-state index is 13.6. The maximum Gasteiger partial charge on any atom is 0.312 e. The van der Waals surface area contributed by atoms with Gasteiger partial charge in [0.05, 0.1) is 6.61 Å². The molecule has 2 aromatic heterocycles. The molecule has 0 spiro atoms. The number of aryl methyl sites for hydroxylation is 1. The minimum Gasteiger partial charge on any atom is -0.493 e. The molecule has 1 aliphatic heterocycles.